The van der Waals surface area contributed by atoms with E-state index in [4.69, 9.17) is 0 Å². The summed E-state index contributed by atoms with van der Waals surface area (Å²) in [5.41, 5.74) is 2.38. The van der Waals surface area contributed by atoms with Gasteiger partial charge in [-0.1, -0.05) is 22.0 Å². The molecule has 0 aliphatic carbocycles. The normalized spacial score (nSPS) is 10.9. The summed E-state index contributed by atoms with van der Waals surface area (Å²) >= 11 is 3.46. The summed E-state index contributed by atoms with van der Waals surface area (Å²) in [7, 11) is 3.72. The molecule has 0 bridgehead atoms. The second-order valence-corrected chi connectivity index (χ2v) is 6.77. The van der Waals surface area contributed by atoms with E-state index in [0.717, 1.165) is 21.1 Å². The van der Waals surface area contributed by atoms with E-state index in [9.17, 15) is 4.79 Å². The van der Waals surface area contributed by atoms with Crippen LogP contribution in [0.3, 0.4) is 0 Å². The molecule has 0 spiro atoms. The molecule has 0 aliphatic rings. The maximum atomic E-state index is 12.0. The van der Waals surface area contributed by atoms with Crippen molar-refractivity contribution in [2.45, 2.75) is 0 Å². The number of halogens is 1. The molecule has 3 rings (SSSR count). The summed E-state index contributed by atoms with van der Waals surface area (Å²) in [6.45, 7) is 0. The van der Waals surface area contributed by atoms with Crippen LogP contribution in [-0.2, 0) is 4.79 Å². The third kappa shape index (κ3) is 4.58. The van der Waals surface area contributed by atoms with Crippen molar-refractivity contribution >= 4 is 49.9 Å². The Morgan fingerprint density at radius 3 is 2.73 bits per heavy atom. The molecule has 1 amide bonds. The smallest absolute Gasteiger partial charge is 0.249 e. The van der Waals surface area contributed by atoms with Gasteiger partial charge >= 0.3 is 0 Å². The van der Waals surface area contributed by atoms with Crippen LogP contribution >= 0.6 is 15.9 Å². The molecule has 0 unspecified atom stereocenters. The third-order valence-corrected chi connectivity index (χ3v) is 4.01. The minimum Gasteiger partial charge on any atom is -0.383 e. The van der Waals surface area contributed by atoms with Gasteiger partial charge in [-0.3, -0.25) is 4.79 Å². The lowest BCUT2D eigenvalue weighted by molar-refractivity contribution is -0.112. The molecule has 132 valence electrons. The molecule has 1 heterocycles. The summed E-state index contributed by atoms with van der Waals surface area (Å²) in [6.07, 6.45) is 4.69. The fraction of sp³-hybridized carbons (Fsp3) is 0.105. The van der Waals surface area contributed by atoms with E-state index in [2.05, 4.69) is 36.5 Å². The Labute approximate surface area is 160 Å². The first kappa shape index (κ1) is 17.9. The van der Waals surface area contributed by atoms with E-state index in [0.29, 0.717) is 11.5 Å². The number of carbonyl (C=O) groups is 1. The van der Waals surface area contributed by atoms with Gasteiger partial charge in [-0.15, -0.1) is 0 Å². The lowest BCUT2D eigenvalue weighted by Crippen LogP contribution is -2.10. The predicted octanol–water partition coefficient (Wildman–Crippen LogP) is 4.15. The van der Waals surface area contributed by atoms with Crippen molar-refractivity contribution < 1.29 is 4.79 Å². The number of anilines is 3. The van der Waals surface area contributed by atoms with E-state index >= 15 is 0 Å². The van der Waals surface area contributed by atoms with Gasteiger partial charge in [0.2, 0.25) is 5.91 Å². The number of benzene rings is 2. The summed E-state index contributed by atoms with van der Waals surface area (Å²) in [5, 5.41) is 6.96. The van der Waals surface area contributed by atoms with Gasteiger partial charge in [-0.05, 0) is 36.4 Å². The minimum absolute atomic E-state index is 0.198. The fourth-order valence-corrected chi connectivity index (χ4v) is 2.74. The predicted molar refractivity (Wildman–Crippen MR) is 108 cm³/mol. The molecule has 0 fully saturated rings. The highest BCUT2D eigenvalue weighted by Gasteiger charge is 2.07. The van der Waals surface area contributed by atoms with Gasteiger partial charge in [0.15, 0.2) is 0 Å². The van der Waals surface area contributed by atoms with Crippen LogP contribution in [0.1, 0.15) is 0 Å². The highest BCUT2D eigenvalue weighted by Crippen LogP contribution is 2.26. The summed E-state index contributed by atoms with van der Waals surface area (Å²) < 4.78 is 0.974. The summed E-state index contributed by atoms with van der Waals surface area (Å²) in [4.78, 5) is 22.4. The van der Waals surface area contributed by atoms with Crippen molar-refractivity contribution in [3.63, 3.8) is 0 Å². The molecular formula is C19H18BrN5O. The first-order chi connectivity index (χ1) is 12.5. The first-order valence-corrected chi connectivity index (χ1v) is 8.73. The van der Waals surface area contributed by atoms with Crippen molar-refractivity contribution in [3.05, 3.63) is 65.5 Å². The number of fused-ring (bicyclic) bond motifs is 1. The van der Waals surface area contributed by atoms with Crippen molar-refractivity contribution in [2.75, 3.05) is 24.7 Å². The van der Waals surface area contributed by atoms with Crippen molar-refractivity contribution in [2.24, 2.45) is 0 Å². The van der Waals surface area contributed by atoms with Gasteiger partial charge in [0.05, 0.1) is 5.52 Å². The summed E-state index contributed by atoms with van der Waals surface area (Å²) in [6, 6.07) is 13.4. The maximum Gasteiger partial charge on any atom is 0.249 e. The minimum atomic E-state index is -0.198. The highest BCUT2D eigenvalue weighted by molar-refractivity contribution is 9.10. The number of rotatable bonds is 5. The SMILES string of the molecule is CN(C)/C=C/C(=O)Nc1ccc2ncnc(Nc3cccc(Br)c3)c2c1. The van der Waals surface area contributed by atoms with Crippen molar-refractivity contribution in [1.82, 2.24) is 14.9 Å². The lowest BCUT2D eigenvalue weighted by Gasteiger charge is -2.10. The Balaban J connectivity index is 1.89. The second-order valence-electron chi connectivity index (χ2n) is 5.86. The van der Waals surface area contributed by atoms with Gasteiger partial charge in [-0.25, -0.2) is 9.97 Å². The maximum absolute atomic E-state index is 12.0. The largest absolute Gasteiger partial charge is 0.383 e. The van der Waals surface area contributed by atoms with Gasteiger partial charge in [0, 0.05) is 47.6 Å². The van der Waals surface area contributed by atoms with Crippen LogP contribution in [0.4, 0.5) is 17.2 Å². The molecule has 6 nitrogen and oxygen atoms in total. The number of carbonyl (C=O) groups excluding carboxylic acids is 1. The molecule has 0 atom stereocenters. The van der Waals surface area contributed by atoms with E-state index in [-0.39, 0.29) is 5.91 Å². The Bertz CT molecular complexity index is 971. The van der Waals surface area contributed by atoms with Gasteiger partial charge < -0.3 is 15.5 Å². The molecule has 1 aromatic heterocycles. The number of hydrogen-bond acceptors (Lipinski definition) is 5. The Hall–Kier alpha value is -2.93. The molecule has 0 saturated heterocycles. The quantitative estimate of drug-likeness (QED) is 0.617. The average Bonchev–Trinajstić information content (AvgIpc) is 2.60. The fourth-order valence-electron chi connectivity index (χ4n) is 2.34. The summed E-state index contributed by atoms with van der Waals surface area (Å²) in [5.74, 6) is 0.476. The van der Waals surface area contributed by atoms with E-state index in [1.807, 2.05) is 56.6 Å². The molecule has 0 aliphatic heterocycles. The van der Waals surface area contributed by atoms with Crippen LogP contribution in [0.25, 0.3) is 10.9 Å². The lowest BCUT2D eigenvalue weighted by atomic mass is 10.2. The number of hydrogen-bond donors (Lipinski definition) is 2. The molecule has 26 heavy (non-hydrogen) atoms. The molecule has 2 aromatic carbocycles. The van der Waals surface area contributed by atoms with Crippen molar-refractivity contribution in [1.29, 1.82) is 0 Å². The molecule has 3 aromatic rings. The highest BCUT2D eigenvalue weighted by atomic mass is 79.9. The molecule has 0 radical (unpaired) electrons. The number of nitrogens with one attached hydrogen (secondary N) is 2. The number of amides is 1. The van der Waals surface area contributed by atoms with Gasteiger partial charge in [-0.2, -0.15) is 0 Å². The zero-order valence-corrected chi connectivity index (χ0v) is 16.0. The van der Waals surface area contributed by atoms with E-state index in [1.54, 1.807) is 11.1 Å². The first-order valence-electron chi connectivity index (χ1n) is 7.94. The Morgan fingerprint density at radius 2 is 1.96 bits per heavy atom. The molecule has 7 heteroatoms. The van der Waals surface area contributed by atoms with E-state index in [1.165, 1.54) is 12.4 Å². The van der Waals surface area contributed by atoms with Crippen molar-refractivity contribution in [3.8, 4) is 0 Å². The molecule has 0 saturated carbocycles. The van der Waals surface area contributed by atoms with E-state index < -0.39 is 0 Å². The third-order valence-electron chi connectivity index (χ3n) is 3.51. The van der Waals surface area contributed by atoms with Gasteiger partial charge in [0.1, 0.15) is 12.1 Å². The number of aromatic nitrogens is 2. The Kier molecular flexibility index (Phi) is 5.48. The van der Waals surface area contributed by atoms with Crippen LogP contribution in [0.5, 0.6) is 0 Å². The van der Waals surface area contributed by atoms with Crippen LogP contribution in [0.15, 0.2) is 65.5 Å². The van der Waals surface area contributed by atoms with Crippen LogP contribution in [-0.4, -0.2) is 34.9 Å². The molecule has 2 N–H and O–H groups in total. The zero-order chi connectivity index (χ0) is 18.5. The second kappa shape index (κ2) is 7.97. The number of nitrogens with zero attached hydrogens (tertiary/aromatic N) is 3. The van der Waals surface area contributed by atoms with Crippen LogP contribution < -0.4 is 10.6 Å². The average molecular weight is 412 g/mol. The Morgan fingerprint density at radius 1 is 1.12 bits per heavy atom. The van der Waals surface area contributed by atoms with Crippen LogP contribution in [0, 0.1) is 0 Å². The monoisotopic (exact) mass is 411 g/mol. The standard InChI is InChI=1S/C19H18BrN5O/c1-25(2)9-8-18(26)23-15-6-7-17-16(11-15)19(22-12-21-17)24-14-5-3-4-13(20)10-14/h3-12H,1-2H3,(H,23,26)(H,21,22,24)/b9-8+. The zero-order valence-electron chi connectivity index (χ0n) is 14.4. The topological polar surface area (TPSA) is 70.2 Å². The van der Waals surface area contributed by atoms with Gasteiger partial charge in [0.25, 0.3) is 0 Å². The molecular weight excluding hydrogens is 394 g/mol. The van der Waals surface area contributed by atoms with Crippen LogP contribution in [0.2, 0.25) is 0 Å².